The maximum absolute atomic E-state index is 11.0. The summed E-state index contributed by atoms with van der Waals surface area (Å²) < 4.78 is 0. The Balaban J connectivity index is 2.29. The maximum Gasteiger partial charge on any atom is 0.320 e. The molecule has 2 N–H and O–H groups in total. The highest BCUT2D eigenvalue weighted by Gasteiger charge is 2.21. The number of aliphatic carboxylic acids is 1. The number of carbonyl (C=O) groups is 1. The molecule has 1 saturated carbocycles. The summed E-state index contributed by atoms with van der Waals surface area (Å²) >= 11 is 0. The first-order valence-electron chi connectivity index (χ1n) is 6.81. The third kappa shape index (κ3) is 5.04. The molecule has 0 spiro atoms. The molecule has 0 aromatic rings. The molecule has 0 aromatic heterocycles. The van der Waals surface area contributed by atoms with Crippen LogP contribution in [0.1, 0.15) is 45.4 Å². The lowest BCUT2D eigenvalue weighted by Gasteiger charge is -2.31. The molecule has 1 unspecified atom stereocenters. The van der Waals surface area contributed by atoms with Crippen molar-refractivity contribution in [2.45, 2.75) is 57.5 Å². The minimum absolute atomic E-state index is 0.397. The van der Waals surface area contributed by atoms with Gasteiger partial charge >= 0.3 is 5.97 Å². The summed E-state index contributed by atoms with van der Waals surface area (Å²) in [4.78, 5) is 13.3. The van der Waals surface area contributed by atoms with E-state index in [1.165, 1.54) is 32.1 Å². The van der Waals surface area contributed by atoms with E-state index in [0.29, 0.717) is 19.0 Å². The summed E-state index contributed by atoms with van der Waals surface area (Å²) in [5, 5.41) is 12.1. The maximum atomic E-state index is 11.0. The summed E-state index contributed by atoms with van der Waals surface area (Å²) in [6.07, 6.45) is 7.25. The predicted octanol–water partition coefficient (Wildman–Crippen LogP) is 1.70. The molecule has 0 aliphatic heterocycles. The lowest BCUT2D eigenvalue weighted by atomic mass is 9.94. The van der Waals surface area contributed by atoms with Crippen LogP contribution >= 0.6 is 0 Å². The summed E-state index contributed by atoms with van der Waals surface area (Å²) in [5.41, 5.74) is 0. The van der Waals surface area contributed by atoms with E-state index in [-0.39, 0.29) is 0 Å². The highest BCUT2D eigenvalue weighted by Crippen LogP contribution is 2.21. The highest BCUT2D eigenvalue weighted by molar-refractivity contribution is 5.73. The fourth-order valence-electron chi connectivity index (χ4n) is 2.60. The van der Waals surface area contributed by atoms with Crippen molar-refractivity contribution in [3.8, 4) is 0 Å². The van der Waals surface area contributed by atoms with Crippen molar-refractivity contribution in [3.05, 3.63) is 0 Å². The van der Waals surface area contributed by atoms with E-state index >= 15 is 0 Å². The average Bonchev–Trinajstić information content (AvgIpc) is 2.34. The first-order chi connectivity index (χ1) is 8.15. The number of nitrogens with zero attached hydrogens (tertiary/aromatic N) is 1. The zero-order valence-electron chi connectivity index (χ0n) is 11.1. The molecule has 1 rings (SSSR count). The zero-order chi connectivity index (χ0) is 12.7. The van der Waals surface area contributed by atoms with Gasteiger partial charge in [-0.1, -0.05) is 26.2 Å². The van der Waals surface area contributed by atoms with Crippen molar-refractivity contribution in [1.29, 1.82) is 0 Å². The Morgan fingerprint density at radius 1 is 1.41 bits per heavy atom. The second-order valence-corrected chi connectivity index (χ2v) is 5.01. The van der Waals surface area contributed by atoms with Gasteiger partial charge in [0, 0.05) is 12.6 Å². The van der Waals surface area contributed by atoms with Gasteiger partial charge in [0.2, 0.25) is 0 Å². The highest BCUT2D eigenvalue weighted by atomic mass is 16.4. The van der Waals surface area contributed by atoms with Gasteiger partial charge in [-0.3, -0.25) is 4.79 Å². The minimum Gasteiger partial charge on any atom is -0.480 e. The minimum atomic E-state index is -0.733. The lowest BCUT2D eigenvalue weighted by molar-refractivity contribution is -0.139. The van der Waals surface area contributed by atoms with Gasteiger partial charge in [0.15, 0.2) is 0 Å². The molecule has 1 aliphatic rings. The van der Waals surface area contributed by atoms with E-state index in [1.54, 1.807) is 0 Å². The van der Waals surface area contributed by atoms with Crippen molar-refractivity contribution in [2.24, 2.45) is 0 Å². The van der Waals surface area contributed by atoms with E-state index in [1.807, 2.05) is 6.92 Å². The van der Waals surface area contributed by atoms with Crippen molar-refractivity contribution in [3.63, 3.8) is 0 Å². The van der Waals surface area contributed by atoms with Gasteiger partial charge in [-0.25, -0.2) is 0 Å². The van der Waals surface area contributed by atoms with E-state index in [2.05, 4.69) is 17.3 Å². The standard InChI is InChI=1S/C13H26N2O2/c1-3-14-12(13(16)17)9-10-15(2)11-7-5-4-6-8-11/h11-12,14H,3-10H2,1-2H3,(H,16,17). The first-order valence-corrected chi connectivity index (χ1v) is 6.81. The molecule has 4 nitrogen and oxygen atoms in total. The van der Waals surface area contributed by atoms with Crippen molar-refractivity contribution < 1.29 is 9.90 Å². The number of likely N-dealkylation sites (N-methyl/N-ethyl adjacent to an activating group) is 1. The van der Waals surface area contributed by atoms with Gasteiger partial charge in [0.05, 0.1) is 0 Å². The fourth-order valence-corrected chi connectivity index (χ4v) is 2.60. The van der Waals surface area contributed by atoms with Gasteiger partial charge in [-0.05, 0) is 32.9 Å². The SMILES string of the molecule is CCNC(CCN(C)C1CCCCC1)C(=O)O. The average molecular weight is 242 g/mol. The Kier molecular flexibility index (Phi) is 6.52. The Morgan fingerprint density at radius 3 is 2.59 bits per heavy atom. The third-order valence-electron chi connectivity index (χ3n) is 3.72. The fraction of sp³-hybridized carbons (Fsp3) is 0.923. The van der Waals surface area contributed by atoms with Crippen LogP contribution in [0.25, 0.3) is 0 Å². The lowest BCUT2D eigenvalue weighted by Crippen LogP contribution is -2.41. The number of hydrogen-bond acceptors (Lipinski definition) is 3. The van der Waals surface area contributed by atoms with Crippen LogP contribution < -0.4 is 5.32 Å². The van der Waals surface area contributed by atoms with Crippen LogP contribution in [-0.4, -0.2) is 48.2 Å². The normalized spacial score (nSPS) is 19.5. The van der Waals surface area contributed by atoms with E-state index in [0.717, 1.165) is 6.54 Å². The number of carboxylic acids is 1. The molecule has 0 saturated heterocycles. The van der Waals surface area contributed by atoms with Gasteiger partial charge in [-0.2, -0.15) is 0 Å². The third-order valence-corrected chi connectivity index (χ3v) is 3.72. The van der Waals surface area contributed by atoms with Gasteiger partial charge in [0.25, 0.3) is 0 Å². The largest absolute Gasteiger partial charge is 0.480 e. The van der Waals surface area contributed by atoms with Crippen LogP contribution in [0.15, 0.2) is 0 Å². The van der Waals surface area contributed by atoms with Crippen LogP contribution in [0.2, 0.25) is 0 Å². The van der Waals surface area contributed by atoms with Crippen molar-refractivity contribution >= 4 is 5.97 Å². The summed E-state index contributed by atoms with van der Waals surface area (Å²) in [7, 11) is 2.13. The Bertz CT molecular complexity index is 227. The van der Waals surface area contributed by atoms with Crippen LogP contribution in [0, 0.1) is 0 Å². The number of carboxylic acid groups (broad SMARTS) is 1. The number of rotatable bonds is 7. The van der Waals surface area contributed by atoms with E-state index in [9.17, 15) is 4.79 Å². The van der Waals surface area contributed by atoms with Crippen LogP contribution in [-0.2, 0) is 4.79 Å². The molecule has 1 atom stereocenters. The summed E-state index contributed by atoms with van der Waals surface area (Å²) in [6, 6.07) is 0.269. The first kappa shape index (κ1) is 14.5. The van der Waals surface area contributed by atoms with Crippen LogP contribution in [0.4, 0.5) is 0 Å². The van der Waals surface area contributed by atoms with Crippen molar-refractivity contribution in [2.75, 3.05) is 20.1 Å². The zero-order valence-corrected chi connectivity index (χ0v) is 11.1. The monoisotopic (exact) mass is 242 g/mol. The van der Waals surface area contributed by atoms with Crippen LogP contribution in [0.5, 0.6) is 0 Å². The molecular weight excluding hydrogens is 216 g/mol. The van der Waals surface area contributed by atoms with E-state index < -0.39 is 12.0 Å². The quantitative estimate of drug-likeness (QED) is 0.713. The predicted molar refractivity (Wildman–Crippen MR) is 69.2 cm³/mol. The molecule has 0 heterocycles. The van der Waals surface area contributed by atoms with Gasteiger partial charge in [0.1, 0.15) is 6.04 Å². The molecule has 100 valence electrons. The molecule has 1 fully saturated rings. The molecule has 0 amide bonds. The molecule has 0 radical (unpaired) electrons. The topological polar surface area (TPSA) is 52.6 Å². The van der Waals surface area contributed by atoms with E-state index in [4.69, 9.17) is 5.11 Å². The molecular formula is C13H26N2O2. The molecule has 0 bridgehead atoms. The second-order valence-electron chi connectivity index (χ2n) is 5.01. The van der Waals surface area contributed by atoms with Crippen LogP contribution in [0.3, 0.4) is 0 Å². The second kappa shape index (κ2) is 7.67. The van der Waals surface area contributed by atoms with Gasteiger partial charge < -0.3 is 15.3 Å². The Labute approximate surface area is 104 Å². The molecule has 1 aliphatic carbocycles. The molecule has 0 aromatic carbocycles. The van der Waals surface area contributed by atoms with Crippen molar-refractivity contribution in [1.82, 2.24) is 10.2 Å². The Morgan fingerprint density at radius 2 is 2.06 bits per heavy atom. The number of nitrogens with one attached hydrogen (secondary N) is 1. The number of hydrogen-bond donors (Lipinski definition) is 2. The Hall–Kier alpha value is -0.610. The smallest absolute Gasteiger partial charge is 0.320 e. The van der Waals surface area contributed by atoms with Gasteiger partial charge in [-0.15, -0.1) is 0 Å². The summed E-state index contributed by atoms with van der Waals surface area (Å²) in [6.45, 7) is 3.53. The molecule has 17 heavy (non-hydrogen) atoms. The summed E-state index contributed by atoms with van der Waals surface area (Å²) in [5.74, 6) is -0.733. The molecule has 4 heteroatoms.